The molecule has 0 radical (unpaired) electrons. The van der Waals surface area contributed by atoms with Gasteiger partial charge in [-0.25, -0.2) is 14.4 Å². The third-order valence-corrected chi connectivity index (χ3v) is 2.96. The van der Waals surface area contributed by atoms with Gasteiger partial charge in [-0.3, -0.25) is 14.5 Å². The van der Waals surface area contributed by atoms with Gasteiger partial charge in [0, 0.05) is 6.20 Å². The molecule has 1 fully saturated rings. The number of pyridine rings is 1. The molecule has 0 saturated carbocycles. The van der Waals surface area contributed by atoms with Crippen molar-refractivity contribution in [1.82, 2.24) is 4.98 Å². The smallest absolute Gasteiger partial charge is 0.257 e. The highest BCUT2D eigenvalue weighted by Gasteiger charge is 2.28. The van der Waals surface area contributed by atoms with Gasteiger partial charge in [-0.05, 0) is 24.3 Å². The first kappa shape index (κ1) is 12.6. The largest absolute Gasteiger partial charge is 0.287 e. The van der Waals surface area contributed by atoms with E-state index in [1.807, 2.05) is 6.07 Å². The lowest BCUT2D eigenvalue weighted by molar-refractivity contribution is -0.127. The van der Waals surface area contributed by atoms with Crippen LogP contribution in [0, 0.1) is 5.82 Å². The minimum Gasteiger partial charge on any atom is -0.287 e. The van der Waals surface area contributed by atoms with E-state index in [4.69, 9.17) is 4.84 Å². The van der Waals surface area contributed by atoms with Gasteiger partial charge in [0.25, 0.3) is 5.91 Å². The number of aromatic nitrogens is 1. The first-order valence-corrected chi connectivity index (χ1v) is 6.12. The van der Waals surface area contributed by atoms with Crippen LogP contribution in [0.2, 0.25) is 0 Å². The standard InChI is InChI=1S/C14H12FN3O2/c15-11-5-1-2-6-12(11)17-10-18(20-9-14(17)19)13-7-3-4-8-16-13/h1-8H,9-10H2. The van der Waals surface area contributed by atoms with Gasteiger partial charge in [-0.1, -0.05) is 18.2 Å². The zero-order chi connectivity index (χ0) is 13.9. The Bertz CT molecular complexity index is 621. The van der Waals surface area contributed by atoms with Crippen LogP contribution < -0.4 is 9.96 Å². The number of benzene rings is 1. The number of rotatable bonds is 2. The van der Waals surface area contributed by atoms with E-state index in [0.29, 0.717) is 5.82 Å². The number of anilines is 2. The molecular formula is C14H12FN3O2. The van der Waals surface area contributed by atoms with Gasteiger partial charge < -0.3 is 0 Å². The number of carbonyl (C=O) groups excluding carboxylic acids is 1. The Balaban J connectivity index is 1.88. The molecule has 1 aromatic heterocycles. The Morgan fingerprint density at radius 3 is 2.70 bits per heavy atom. The van der Waals surface area contributed by atoms with Crippen LogP contribution in [-0.4, -0.2) is 24.2 Å². The van der Waals surface area contributed by atoms with Crippen molar-refractivity contribution < 1.29 is 14.0 Å². The zero-order valence-corrected chi connectivity index (χ0v) is 10.6. The number of nitrogens with zero attached hydrogens (tertiary/aromatic N) is 3. The molecule has 0 atom stereocenters. The molecule has 0 bridgehead atoms. The normalized spacial score (nSPS) is 15.6. The predicted molar refractivity (Wildman–Crippen MR) is 71.4 cm³/mol. The van der Waals surface area contributed by atoms with Crippen molar-refractivity contribution in [3.8, 4) is 0 Å². The molecule has 1 saturated heterocycles. The fourth-order valence-electron chi connectivity index (χ4n) is 1.98. The Morgan fingerprint density at radius 2 is 1.95 bits per heavy atom. The van der Waals surface area contributed by atoms with Crippen molar-refractivity contribution in [2.24, 2.45) is 0 Å². The molecule has 1 aromatic carbocycles. The van der Waals surface area contributed by atoms with Crippen molar-refractivity contribution in [2.75, 3.05) is 23.2 Å². The van der Waals surface area contributed by atoms with Gasteiger partial charge in [0.1, 0.15) is 12.5 Å². The van der Waals surface area contributed by atoms with E-state index < -0.39 is 5.82 Å². The maximum Gasteiger partial charge on any atom is 0.257 e. The lowest BCUT2D eigenvalue weighted by atomic mass is 10.2. The molecule has 5 nitrogen and oxygen atoms in total. The quantitative estimate of drug-likeness (QED) is 0.839. The fourth-order valence-corrected chi connectivity index (χ4v) is 1.98. The maximum atomic E-state index is 13.8. The number of hydrogen-bond donors (Lipinski definition) is 0. The van der Waals surface area contributed by atoms with Crippen LogP contribution in [0.25, 0.3) is 0 Å². The maximum absolute atomic E-state index is 13.8. The third-order valence-electron chi connectivity index (χ3n) is 2.96. The number of hydroxylamine groups is 1. The van der Waals surface area contributed by atoms with Crippen molar-refractivity contribution in [3.05, 3.63) is 54.5 Å². The van der Waals surface area contributed by atoms with Crippen LogP contribution in [0.5, 0.6) is 0 Å². The summed E-state index contributed by atoms with van der Waals surface area (Å²) in [4.78, 5) is 22.7. The van der Waals surface area contributed by atoms with Crippen LogP contribution in [0.15, 0.2) is 48.7 Å². The summed E-state index contributed by atoms with van der Waals surface area (Å²) in [6, 6.07) is 11.5. The van der Waals surface area contributed by atoms with Crippen molar-refractivity contribution >= 4 is 17.4 Å². The zero-order valence-electron chi connectivity index (χ0n) is 10.6. The Labute approximate surface area is 115 Å². The summed E-state index contributed by atoms with van der Waals surface area (Å²) in [5, 5.41) is 1.47. The second-order valence-corrected chi connectivity index (χ2v) is 4.25. The first-order chi connectivity index (χ1) is 9.75. The molecule has 1 aliphatic rings. The van der Waals surface area contributed by atoms with Crippen LogP contribution in [0.1, 0.15) is 0 Å². The molecule has 0 unspecified atom stereocenters. The molecular weight excluding hydrogens is 261 g/mol. The Hall–Kier alpha value is -2.47. The van der Waals surface area contributed by atoms with Crippen LogP contribution in [0.3, 0.4) is 0 Å². The van der Waals surface area contributed by atoms with Crippen molar-refractivity contribution in [2.45, 2.75) is 0 Å². The second-order valence-electron chi connectivity index (χ2n) is 4.25. The summed E-state index contributed by atoms with van der Waals surface area (Å²) in [5.41, 5.74) is 0.238. The van der Waals surface area contributed by atoms with E-state index in [2.05, 4.69) is 4.98 Å². The predicted octanol–water partition coefficient (Wildman–Crippen LogP) is 1.96. The summed E-state index contributed by atoms with van der Waals surface area (Å²) in [6.45, 7) is -0.0539. The van der Waals surface area contributed by atoms with E-state index in [-0.39, 0.29) is 24.9 Å². The molecule has 6 heteroatoms. The highest BCUT2D eigenvalue weighted by molar-refractivity contribution is 5.95. The van der Waals surface area contributed by atoms with Gasteiger partial charge >= 0.3 is 0 Å². The summed E-state index contributed by atoms with van der Waals surface area (Å²) in [5.74, 6) is -0.160. The summed E-state index contributed by atoms with van der Waals surface area (Å²) < 4.78 is 13.8. The molecule has 102 valence electrons. The van der Waals surface area contributed by atoms with E-state index >= 15 is 0 Å². The van der Waals surface area contributed by atoms with E-state index in [9.17, 15) is 9.18 Å². The molecule has 3 rings (SSSR count). The number of hydrogen-bond acceptors (Lipinski definition) is 4. The molecule has 1 amide bonds. The summed E-state index contributed by atoms with van der Waals surface area (Å²) in [7, 11) is 0. The number of amides is 1. The lowest BCUT2D eigenvalue weighted by Crippen LogP contribution is -2.50. The van der Waals surface area contributed by atoms with E-state index in [1.54, 1.807) is 36.5 Å². The molecule has 1 aliphatic heterocycles. The molecule has 0 N–H and O–H groups in total. The average molecular weight is 273 g/mol. The lowest BCUT2D eigenvalue weighted by Gasteiger charge is -2.35. The highest BCUT2D eigenvalue weighted by Crippen LogP contribution is 2.23. The number of halogens is 1. The van der Waals surface area contributed by atoms with Crippen LogP contribution in [-0.2, 0) is 9.63 Å². The van der Waals surface area contributed by atoms with Crippen molar-refractivity contribution in [1.29, 1.82) is 0 Å². The SMILES string of the molecule is O=C1CON(c2ccccn2)CN1c1ccccc1F. The van der Waals surface area contributed by atoms with Crippen molar-refractivity contribution in [3.63, 3.8) is 0 Å². The topological polar surface area (TPSA) is 45.7 Å². The van der Waals surface area contributed by atoms with Gasteiger partial charge in [0.2, 0.25) is 0 Å². The number of para-hydroxylation sites is 1. The minimum atomic E-state index is -0.441. The van der Waals surface area contributed by atoms with E-state index in [0.717, 1.165) is 0 Å². The molecule has 0 aliphatic carbocycles. The minimum absolute atomic E-state index is 0.0940. The van der Waals surface area contributed by atoms with Gasteiger partial charge in [-0.2, -0.15) is 0 Å². The van der Waals surface area contributed by atoms with Crippen LogP contribution in [0.4, 0.5) is 15.9 Å². The Kier molecular flexibility index (Phi) is 3.30. The van der Waals surface area contributed by atoms with Gasteiger partial charge in [0.05, 0.1) is 5.69 Å². The fraction of sp³-hybridized carbons (Fsp3) is 0.143. The van der Waals surface area contributed by atoms with Gasteiger partial charge in [0.15, 0.2) is 12.4 Å². The third kappa shape index (κ3) is 2.33. The molecule has 2 aromatic rings. The van der Waals surface area contributed by atoms with E-state index in [1.165, 1.54) is 16.0 Å². The first-order valence-electron chi connectivity index (χ1n) is 6.12. The molecule has 20 heavy (non-hydrogen) atoms. The number of carbonyl (C=O) groups is 1. The second kappa shape index (κ2) is 5.26. The monoisotopic (exact) mass is 273 g/mol. The summed E-state index contributed by atoms with van der Waals surface area (Å²) >= 11 is 0. The van der Waals surface area contributed by atoms with Gasteiger partial charge in [-0.15, -0.1) is 0 Å². The highest BCUT2D eigenvalue weighted by atomic mass is 19.1. The average Bonchev–Trinajstić information content (AvgIpc) is 2.49. The summed E-state index contributed by atoms with van der Waals surface area (Å²) in [6.07, 6.45) is 1.63. The molecule has 0 spiro atoms. The van der Waals surface area contributed by atoms with Crippen LogP contribution >= 0.6 is 0 Å². The molecule has 2 heterocycles. The Morgan fingerprint density at radius 1 is 1.15 bits per heavy atom.